The molecule has 1 amide bonds. The smallest absolute Gasteiger partial charge is 0.270 e. The number of rotatable bonds is 5. The Morgan fingerprint density at radius 3 is 2.64 bits per heavy atom. The van der Waals surface area contributed by atoms with Crippen molar-refractivity contribution < 1.29 is 9.72 Å². The van der Waals surface area contributed by atoms with Gasteiger partial charge in [0.15, 0.2) is 0 Å². The number of aromatic nitrogens is 2. The van der Waals surface area contributed by atoms with Crippen LogP contribution in [0.4, 0.5) is 11.4 Å². The van der Waals surface area contributed by atoms with Gasteiger partial charge in [0.05, 0.1) is 10.6 Å². The molecule has 8 heteroatoms. The van der Waals surface area contributed by atoms with Crippen LogP contribution in [0.1, 0.15) is 11.1 Å². The first-order valence-corrected chi connectivity index (χ1v) is 8.54. The van der Waals surface area contributed by atoms with E-state index >= 15 is 0 Å². The molecule has 0 radical (unpaired) electrons. The van der Waals surface area contributed by atoms with Crippen molar-refractivity contribution in [2.75, 3.05) is 5.32 Å². The van der Waals surface area contributed by atoms with Crippen LogP contribution >= 0.6 is 0 Å². The molecule has 0 unspecified atom stereocenters. The Morgan fingerprint density at radius 2 is 1.89 bits per heavy atom. The number of hydrogen-bond donors (Lipinski definition) is 1. The van der Waals surface area contributed by atoms with Crippen LogP contribution in [0.15, 0.2) is 59.4 Å². The maximum atomic E-state index is 12.4. The molecule has 0 saturated carbocycles. The molecule has 0 saturated heterocycles. The van der Waals surface area contributed by atoms with E-state index in [-0.39, 0.29) is 18.1 Å². The monoisotopic (exact) mass is 378 g/mol. The predicted molar refractivity (Wildman–Crippen MR) is 105 cm³/mol. The third kappa shape index (κ3) is 4.12. The van der Waals surface area contributed by atoms with Crippen molar-refractivity contribution in [3.63, 3.8) is 0 Å². The van der Waals surface area contributed by atoms with Crippen molar-refractivity contribution in [3.8, 4) is 11.3 Å². The number of carbonyl (C=O) groups excluding carboxylic acids is 1. The number of nitrogens with one attached hydrogen (secondary N) is 1. The van der Waals surface area contributed by atoms with Gasteiger partial charge in [0.25, 0.3) is 11.2 Å². The fourth-order valence-corrected chi connectivity index (χ4v) is 2.71. The van der Waals surface area contributed by atoms with Crippen LogP contribution in [0.5, 0.6) is 0 Å². The van der Waals surface area contributed by atoms with Crippen LogP contribution in [0.2, 0.25) is 0 Å². The number of carbonyl (C=O) groups is 1. The SMILES string of the molecule is Cc1cccc(NC(=O)Cn2nc(-c3cccc([N+](=O)[O-])c3)ccc2=O)c1C. The average Bonchev–Trinajstić information content (AvgIpc) is 2.67. The second-order valence-corrected chi connectivity index (χ2v) is 6.32. The molecule has 0 aliphatic carbocycles. The quantitative estimate of drug-likeness (QED) is 0.542. The Balaban J connectivity index is 1.85. The molecule has 0 bridgehead atoms. The Kier molecular flexibility index (Phi) is 5.30. The summed E-state index contributed by atoms with van der Waals surface area (Å²) in [6.07, 6.45) is 0. The van der Waals surface area contributed by atoms with Crippen molar-refractivity contribution in [1.29, 1.82) is 0 Å². The predicted octanol–water partition coefficient (Wildman–Crippen LogP) is 3.07. The van der Waals surface area contributed by atoms with E-state index in [1.165, 1.54) is 30.3 Å². The Hall–Kier alpha value is -3.81. The summed E-state index contributed by atoms with van der Waals surface area (Å²) in [4.78, 5) is 34.9. The Bertz CT molecular complexity index is 1120. The van der Waals surface area contributed by atoms with E-state index in [4.69, 9.17) is 0 Å². The van der Waals surface area contributed by atoms with Crippen LogP contribution in [0.3, 0.4) is 0 Å². The average molecular weight is 378 g/mol. The zero-order chi connectivity index (χ0) is 20.3. The summed E-state index contributed by atoms with van der Waals surface area (Å²) in [5.74, 6) is -0.389. The molecular formula is C20H18N4O4. The number of nitro benzene ring substituents is 1. The van der Waals surface area contributed by atoms with Crippen molar-refractivity contribution in [2.24, 2.45) is 0 Å². The third-order valence-electron chi connectivity index (χ3n) is 4.39. The summed E-state index contributed by atoms with van der Waals surface area (Å²) in [6.45, 7) is 3.58. The van der Waals surface area contributed by atoms with Crippen LogP contribution < -0.4 is 10.9 Å². The zero-order valence-corrected chi connectivity index (χ0v) is 15.4. The van der Waals surface area contributed by atoms with E-state index in [0.29, 0.717) is 16.9 Å². The lowest BCUT2D eigenvalue weighted by Gasteiger charge is -2.11. The summed E-state index contributed by atoms with van der Waals surface area (Å²) in [7, 11) is 0. The molecular weight excluding hydrogens is 360 g/mol. The van der Waals surface area contributed by atoms with E-state index < -0.39 is 10.5 Å². The molecule has 1 aromatic heterocycles. The van der Waals surface area contributed by atoms with Gasteiger partial charge >= 0.3 is 0 Å². The van der Waals surface area contributed by atoms with Gasteiger partial charge in [-0.15, -0.1) is 0 Å². The van der Waals surface area contributed by atoms with Gasteiger partial charge in [-0.05, 0) is 37.1 Å². The van der Waals surface area contributed by atoms with Gasteiger partial charge in [0.2, 0.25) is 5.91 Å². The van der Waals surface area contributed by atoms with E-state index in [1.807, 2.05) is 26.0 Å². The van der Waals surface area contributed by atoms with Crippen molar-refractivity contribution >= 4 is 17.3 Å². The number of nitrogens with zero attached hydrogens (tertiary/aromatic N) is 3. The highest BCUT2D eigenvalue weighted by atomic mass is 16.6. The molecule has 28 heavy (non-hydrogen) atoms. The van der Waals surface area contributed by atoms with Crippen molar-refractivity contribution in [1.82, 2.24) is 9.78 Å². The molecule has 8 nitrogen and oxygen atoms in total. The van der Waals surface area contributed by atoms with Crippen molar-refractivity contribution in [2.45, 2.75) is 20.4 Å². The van der Waals surface area contributed by atoms with Crippen LogP contribution in [0.25, 0.3) is 11.3 Å². The first kappa shape index (κ1) is 19.0. The number of nitro groups is 1. The highest BCUT2D eigenvalue weighted by Crippen LogP contribution is 2.21. The number of aryl methyl sites for hydroxylation is 1. The minimum Gasteiger partial charge on any atom is -0.324 e. The minimum absolute atomic E-state index is 0.0790. The number of hydrogen-bond acceptors (Lipinski definition) is 5. The Labute approximate surface area is 160 Å². The van der Waals surface area contributed by atoms with E-state index in [9.17, 15) is 19.7 Å². The van der Waals surface area contributed by atoms with Gasteiger partial charge in [-0.1, -0.05) is 24.3 Å². The van der Waals surface area contributed by atoms with E-state index in [1.54, 1.807) is 12.1 Å². The molecule has 3 aromatic rings. The molecule has 1 heterocycles. The van der Waals surface area contributed by atoms with Gasteiger partial charge in [-0.25, -0.2) is 4.68 Å². The van der Waals surface area contributed by atoms with Crippen molar-refractivity contribution in [3.05, 3.63) is 86.2 Å². The fourth-order valence-electron chi connectivity index (χ4n) is 2.71. The van der Waals surface area contributed by atoms with E-state index in [0.717, 1.165) is 15.8 Å². The summed E-state index contributed by atoms with van der Waals surface area (Å²) in [5, 5.41) is 17.9. The normalized spacial score (nSPS) is 10.5. The largest absolute Gasteiger partial charge is 0.324 e. The fraction of sp³-hybridized carbons (Fsp3) is 0.150. The lowest BCUT2D eigenvalue weighted by molar-refractivity contribution is -0.384. The van der Waals surface area contributed by atoms with Crippen LogP contribution in [-0.4, -0.2) is 20.6 Å². The van der Waals surface area contributed by atoms with Gasteiger partial charge < -0.3 is 5.32 Å². The van der Waals surface area contributed by atoms with Gasteiger partial charge in [-0.3, -0.25) is 19.7 Å². The summed E-state index contributed by atoms with van der Waals surface area (Å²) in [5.41, 5.74) is 2.99. The zero-order valence-electron chi connectivity index (χ0n) is 15.4. The lowest BCUT2D eigenvalue weighted by Crippen LogP contribution is -2.29. The molecule has 0 fully saturated rings. The highest BCUT2D eigenvalue weighted by Gasteiger charge is 2.12. The number of anilines is 1. The molecule has 3 rings (SSSR count). The van der Waals surface area contributed by atoms with Gasteiger partial charge in [-0.2, -0.15) is 5.10 Å². The lowest BCUT2D eigenvalue weighted by atomic mass is 10.1. The molecule has 0 atom stereocenters. The summed E-state index contributed by atoms with van der Waals surface area (Å²) in [6, 6.07) is 14.3. The molecule has 0 aliphatic rings. The number of benzene rings is 2. The standard InChI is InChI=1S/C20H18N4O4/c1-13-5-3-8-17(14(13)2)21-19(25)12-23-20(26)10-9-18(22-23)15-6-4-7-16(11-15)24(27)28/h3-11H,12H2,1-2H3,(H,21,25). The number of amides is 1. The molecule has 1 N–H and O–H groups in total. The first-order valence-electron chi connectivity index (χ1n) is 8.54. The number of non-ortho nitro benzene ring substituents is 1. The second-order valence-electron chi connectivity index (χ2n) is 6.32. The van der Waals surface area contributed by atoms with Gasteiger partial charge in [0, 0.05) is 29.4 Å². The highest BCUT2D eigenvalue weighted by molar-refractivity contribution is 5.91. The molecule has 0 spiro atoms. The summed E-state index contributed by atoms with van der Waals surface area (Å²) >= 11 is 0. The second kappa shape index (κ2) is 7.83. The van der Waals surface area contributed by atoms with Gasteiger partial charge in [0.1, 0.15) is 6.54 Å². The molecule has 142 valence electrons. The molecule has 2 aromatic carbocycles. The topological polar surface area (TPSA) is 107 Å². The Morgan fingerprint density at radius 1 is 1.14 bits per heavy atom. The van der Waals surface area contributed by atoms with E-state index in [2.05, 4.69) is 10.4 Å². The van der Waals surface area contributed by atoms with Crippen LogP contribution in [0, 0.1) is 24.0 Å². The third-order valence-corrected chi connectivity index (χ3v) is 4.39. The maximum Gasteiger partial charge on any atom is 0.270 e. The summed E-state index contributed by atoms with van der Waals surface area (Å²) < 4.78 is 1.04. The molecule has 0 aliphatic heterocycles. The van der Waals surface area contributed by atoms with Crippen LogP contribution in [-0.2, 0) is 11.3 Å². The maximum absolute atomic E-state index is 12.4. The first-order chi connectivity index (χ1) is 13.3. The minimum atomic E-state index is -0.503.